The number of aliphatic hydroxyl groups excluding tert-OH is 3. The van der Waals surface area contributed by atoms with Crippen molar-refractivity contribution in [1.82, 2.24) is 32.6 Å². The molecule has 0 aliphatic carbocycles. The van der Waals surface area contributed by atoms with E-state index >= 15 is 18.0 Å². The zero-order chi connectivity index (χ0) is 66.5. The van der Waals surface area contributed by atoms with Gasteiger partial charge in [-0.3, -0.25) is 59.7 Å². The largest absolute Gasteiger partial charge is 0.416 e. The van der Waals surface area contributed by atoms with E-state index in [2.05, 4.69) is 38.6 Å². The van der Waals surface area contributed by atoms with Gasteiger partial charge in [-0.2, -0.15) is 31.6 Å². The molecule has 0 spiro atoms. The highest BCUT2D eigenvalue weighted by atomic mass is 19.4. The molecule has 9 N–H and O–H groups in total. The average molecular weight is 1270 g/mol. The number of hydrogen-bond donors (Lipinski definition) is 9. The minimum atomic E-state index is -5.10. The summed E-state index contributed by atoms with van der Waals surface area (Å²) in [5.74, 6) is -3.80. The molecule has 3 heterocycles. The Morgan fingerprint density at radius 3 is 1.52 bits per heavy atom. The van der Waals surface area contributed by atoms with Gasteiger partial charge < -0.3 is 31.6 Å². The molecule has 0 fully saturated rings. The number of hydrazine groups is 3. The van der Waals surface area contributed by atoms with Crippen LogP contribution in [0.1, 0.15) is 126 Å². The lowest BCUT2D eigenvalue weighted by molar-refractivity contribution is -0.138. The van der Waals surface area contributed by atoms with Crippen LogP contribution >= 0.6 is 0 Å². The van der Waals surface area contributed by atoms with Crippen LogP contribution in [0.15, 0.2) is 126 Å². The number of nitrogens with one attached hydrogen (secondary N) is 6. The van der Waals surface area contributed by atoms with E-state index in [-0.39, 0.29) is 130 Å². The summed E-state index contributed by atoms with van der Waals surface area (Å²) in [5.41, 5.74) is 16.2. The first-order valence-electron chi connectivity index (χ1n) is 29.2. The van der Waals surface area contributed by atoms with Crippen LogP contribution in [0, 0.1) is 25.2 Å². The van der Waals surface area contributed by atoms with Crippen LogP contribution in [0.2, 0.25) is 0 Å². The minimum Gasteiger partial charge on any atom is -0.396 e. The first kappa shape index (κ1) is 66.1. The lowest BCUT2D eigenvalue weighted by Crippen LogP contribution is -2.37. The first-order chi connectivity index (χ1) is 43.8. The van der Waals surface area contributed by atoms with Gasteiger partial charge >= 0.3 is 12.4 Å². The number of para-hydroxylation sites is 1. The fraction of sp³-hybridized carbons (Fsp3) is 0.269. The lowest BCUT2D eigenvalue weighted by atomic mass is 9.92. The molecule has 3 aliphatic heterocycles. The fourth-order valence-corrected chi connectivity index (χ4v) is 11.5. The molecule has 6 aromatic carbocycles. The smallest absolute Gasteiger partial charge is 0.396 e. The molecule has 0 radical (unpaired) electrons. The second-order valence-corrected chi connectivity index (χ2v) is 22.4. The minimum absolute atomic E-state index is 0.00531. The number of halogens is 6. The number of carbonyl (C=O) groups excluding carboxylic acids is 6. The van der Waals surface area contributed by atoms with E-state index < -0.39 is 72.0 Å². The van der Waals surface area contributed by atoms with Crippen molar-refractivity contribution in [3.05, 3.63) is 193 Å². The molecule has 9 rings (SSSR count). The summed E-state index contributed by atoms with van der Waals surface area (Å²) in [7, 11) is 0. The quantitative estimate of drug-likeness (QED) is 0.0133. The number of anilines is 6. The number of aryl methyl sites for hydroxylation is 2. The van der Waals surface area contributed by atoms with Crippen molar-refractivity contribution in [1.29, 1.82) is 5.26 Å². The van der Waals surface area contributed by atoms with Gasteiger partial charge in [-0.25, -0.2) is 0 Å². The number of alkyl halides is 6. The number of fused-ring (bicyclic) bond motifs is 3. The van der Waals surface area contributed by atoms with Gasteiger partial charge in [-0.1, -0.05) is 36.4 Å². The second-order valence-electron chi connectivity index (χ2n) is 22.4. The molecule has 0 aromatic heterocycles. The van der Waals surface area contributed by atoms with E-state index in [1.165, 1.54) is 36.9 Å². The Bertz CT molecular complexity index is 4120. The number of rotatable bonds is 22. The van der Waals surface area contributed by atoms with Crippen molar-refractivity contribution in [2.24, 2.45) is 0 Å². The Morgan fingerprint density at radius 2 is 0.989 bits per heavy atom. The molecule has 6 aromatic rings. The van der Waals surface area contributed by atoms with Crippen molar-refractivity contribution in [2.75, 3.05) is 34.5 Å². The number of allylic oxidation sites excluding steroid dienone is 3. The fourth-order valence-electron chi connectivity index (χ4n) is 11.5. The van der Waals surface area contributed by atoms with Gasteiger partial charge in [0.15, 0.2) is 0 Å². The summed E-state index contributed by atoms with van der Waals surface area (Å²) in [4.78, 5) is 86.2. The summed E-state index contributed by atoms with van der Waals surface area (Å²) < 4.78 is 90.8. The third kappa shape index (κ3) is 14.0. The van der Waals surface area contributed by atoms with E-state index in [1.54, 1.807) is 87.5 Å². The zero-order valence-corrected chi connectivity index (χ0v) is 50.5. The molecule has 3 aliphatic rings. The predicted octanol–water partition coefficient (Wildman–Crippen LogP) is 9.80. The maximum Gasteiger partial charge on any atom is 0.416 e. The standard InChI is InChI=1S/C67H64F6N10O9/c1-36-22-41(29-48(24-36)82-53-33-46(66(68,69)70)16-17-50(53)59(63(82)90)38(3)75-78-56(87)14-9-10-19-84)26-44-32-51-54(34-52(44)67(71,72)73)83(64(91)60(51)39(4)76-80-58(89)18-21-86)49-25-37(2)23-42(30-49)27-45-28-43(35-74)31-55-62(45)61(40(5)77-79-57(88)15-11-20-85)65(92)81(55)47-12-7-6-8-13-47/h6-8,12-13,16-17,22-25,28-34,75-77,84-86H,9-11,14-15,18-21,26-27H2,1-5H3,(H,78,87)(H,79,88)(H,80,89)/b59-38-,60-39-,61-40-. The number of amides is 6. The summed E-state index contributed by atoms with van der Waals surface area (Å²) in [5, 5.41) is 38.3. The third-order valence-electron chi connectivity index (χ3n) is 15.5. The highest BCUT2D eigenvalue weighted by Gasteiger charge is 2.44. The lowest BCUT2D eigenvalue weighted by Gasteiger charge is -2.22. The van der Waals surface area contributed by atoms with Crippen LogP contribution in [0.25, 0.3) is 16.7 Å². The van der Waals surface area contributed by atoms with Crippen molar-refractivity contribution >= 4 is 86.3 Å². The number of hydrogen-bond acceptors (Lipinski definition) is 13. The van der Waals surface area contributed by atoms with E-state index in [0.717, 1.165) is 34.1 Å². The normalized spacial score (nSPS) is 15.2. The summed E-state index contributed by atoms with van der Waals surface area (Å²) in [6.45, 7) is 6.82. The van der Waals surface area contributed by atoms with Crippen LogP contribution in [0.4, 0.5) is 60.5 Å². The first-order valence-corrected chi connectivity index (χ1v) is 29.2. The molecule has 0 bridgehead atoms. The average Bonchev–Trinajstić information content (AvgIpc) is 1.60. The van der Waals surface area contributed by atoms with Crippen molar-refractivity contribution in [2.45, 2.75) is 98.3 Å². The highest BCUT2D eigenvalue weighted by Crippen LogP contribution is 2.50. The number of nitrogens with zero attached hydrogens (tertiary/aromatic N) is 4. The van der Waals surface area contributed by atoms with Gasteiger partial charge in [-0.05, 0) is 173 Å². The predicted molar refractivity (Wildman–Crippen MR) is 330 cm³/mol. The highest BCUT2D eigenvalue weighted by molar-refractivity contribution is 6.37. The van der Waals surface area contributed by atoms with Crippen LogP contribution in [0.3, 0.4) is 0 Å². The maximum absolute atomic E-state index is 15.9. The molecular weight excluding hydrogens is 1200 g/mol. The number of carbonyl (C=O) groups is 6. The number of aliphatic hydroxyl groups is 3. The zero-order valence-electron chi connectivity index (χ0n) is 50.5. The Hall–Kier alpha value is -10.3. The Morgan fingerprint density at radius 1 is 0.489 bits per heavy atom. The second kappa shape index (κ2) is 27.4. The van der Waals surface area contributed by atoms with Gasteiger partial charge in [0.05, 0.1) is 69.6 Å². The topological polar surface area (TPSA) is 269 Å². The van der Waals surface area contributed by atoms with E-state index in [4.69, 9.17) is 5.11 Å². The number of unbranched alkanes of at least 4 members (excludes halogenated alkanes) is 1. The van der Waals surface area contributed by atoms with Crippen LogP contribution in [-0.2, 0) is 54.0 Å². The number of nitriles is 1. The molecule has 478 valence electrons. The van der Waals surface area contributed by atoms with E-state index in [9.17, 15) is 52.6 Å². The summed E-state index contributed by atoms with van der Waals surface area (Å²) >= 11 is 0. The summed E-state index contributed by atoms with van der Waals surface area (Å²) in [6.07, 6.45) is -9.99. The molecule has 0 saturated carbocycles. The van der Waals surface area contributed by atoms with Gasteiger partial charge in [0.2, 0.25) is 17.7 Å². The molecule has 0 atom stereocenters. The van der Waals surface area contributed by atoms with Crippen LogP contribution in [-0.4, -0.2) is 70.6 Å². The monoisotopic (exact) mass is 1270 g/mol. The number of benzene rings is 6. The van der Waals surface area contributed by atoms with Gasteiger partial charge in [0, 0.05) is 76.9 Å². The molecule has 92 heavy (non-hydrogen) atoms. The Balaban J connectivity index is 1.15. The van der Waals surface area contributed by atoms with Gasteiger partial charge in [0.25, 0.3) is 17.7 Å². The van der Waals surface area contributed by atoms with Gasteiger partial charge in [0.1, 0.15) is 0 Å². The van der Waals surface area contributed by atoms with E-state index in [0.29, 0.717) is 52.0 Å². The van der Waals surface area contributed by atoms with E-state index in [1.807, 2.05) is 0 Å². The van der Waals surface area contributed by atoms with Crippen molar-refractivity contribution in [3.8, 4) is 6.07 Å². The third-order valence-corrected chi connectivity index (χ3v) is 15.5. The Kier molecular flexibility index (Phi) is 19.7. The van der Waals surface area contributed by atoms with Crippen LogP contribution < -0.4 is 47.3 Å². The summed E-state index contributed by atoms with van der Waals surface area (Å²) in [6, 6.07) is 28.0. The Labute approximate surface area is 524 Å². The molecule has 0 saturated heterocycles. The molecule has 25 heteroatoms. The molecule has 0 unspecified atom stereocenters. The van der Waals surface area contributed by atoms with Crippen molar-refractivity contribution in [3.63, 3.8) is 0 Å². The SMILES string of the molecule is C/C(NNC(=O)CCO)=C1/C(=O)N(c2cc(C)cc(Cc3cc(C#N)cc4c3/C(=C(\C)NNC(=O)CCCO)C(=O)N4c3ccccc3)c2)c2cc(C(F)(F)F)c(Cc3cc(C)cc(N4C(=O)/C(=C(/C)NNC(=O)CCCCO)c5ccc(C(F)(F)F)cc54)c3)cc21. The molecular formula is C67H64F6N10O9. The maximum atomic E-state index is 15.9. The van der Waals surface area contributed by atoms with Crippen LogP contribution in [0.5, 0.6) is 0 Å². The van der Waals surface area contributed by atoms with Crippen molar-refractivity contribution < 1.29 is 70.4 Å². The van der Waals surface area contributed by atoms with Gasteiger partial charge in [-0.15, -0.1) is 0 Å². The molecule has 6 amide bonds. The molecule has 19 nitrogen and oxygen atoms in total.